The van der Waals surface area contributed by atoms with Gasteiger partial charge in [-0.05, 0) is 39.5 Å². The third-order valence-corrected chi connectivity index (χ3v) is 3.81. The molecule has 2 amide bonds. The van der Waals surface area contributed by atoms with Gasteiger partial charge in [-0.25, -0.2) is 9.78 Å². The van der Waals surface area contributed by atoms with Crippen molar-refractivity contribution in [3.05, 3.63) is 12.3 Å². The van der Waals surface area contributed by atoms with E-state index in [2.05, 4.69) is 15.6 Å². The number of hydrogen-bond acceptors (Lipinski definition) is 6. The average Bonchev–Trinajstić information content (AvgIpc) is 2.45. The van der Waals surface area contributed by atoms with Gasteiger partial charge in [0, 0.05) is 20.1 Å². The number of carbonyl (C=O) groups is 2. The molecule has 0 spiro atoms. The van der Waals surface area contributed by atoms with Crippen molar-refractivity contribution in [3.8, 4) is 5.75 Å². The molecule has 1 aromatic heterocycles. The topological polar surface area (TPSA) is 98.8 Å². The predicted molar refractivity (Wildman–Crippen MR) is 97.4 cm³/mol. The molecule has 1 heterocycles. The first-order valence-electron chi connectivity index (χ1n) is 8.59. The van der Waals surface area contributed by atoms with Gasteiger partial charge in [0.15, 0.2) is 5.75 Å². The van der Waals surface area contributed by atoms with Gasteiger partial charge >= 0.3 is 6.09 Å². The highest BCUT2D eigenvalue weighted by Crippen LogP contribution is 2.32. The van der Waals surface area contributed by atoms with Crippen LogP contribution in [-0.2, 0) is 14.3 Å². The number of rotatable bonds is 6. The third kappa shape index (κ3) is 6.18. The molecule has 1 aliphatic carbocycles. The molecule has 144 valence electrons. The summed E-state index contributed by atoms with van der Waals surface area (Å²) in [4.78, 5) is 27.5. The maximum Gasteiger partial charge on any atom is 0.412 e. The molecule has 0 saturated heterocycles. The molecular formula is C18H27N3O5. The lowest BCUT2D eigenvalue weighted by molar-refractivity contribution is -0.114. The zero-order valence-electron chi connectivity index (χ0n) is 15.9. The van der Waals surface area contributed by atoms with Crippen LogP contribution in [-0.4, -0.2) is 42.4 Å². The number of nitrogens with zero attached hydrogens (tertiary/aromatic N) is 1. The number of pyridine rings is 1. The second-order valence-electron chi connectivity index (χ2n) is 7.38. The van der Waals surface area contributed by atoms with Crippen molar-refractivity contribution in [3.63, 3.8) is 0 Å². The van der Waals surface area contributed by atoms with E-state index < -0.39 is 11.7 Å². The first kappa shape index (κ1) is 20.0. The van der Waals surface area contributed by atoms with Gasteiger partial charge in [-0.2, -0.15) is 0 Å². The van der Waals surface area contributed by atoms with Gasteiger partial charge in [0.05, 0.1) is 24.6 Å². The standard InChI is InChI=1S/C18H27N3O5/c1-11(22)20-16-8-14(21-17(23)26-18(2,3)4)15(9-19-16)25-10-12-6-13(7-12)24-5/h8-9,12-13H,6-7,10H2,1-5H3,(H2,19,20,21,22,23). The van der Waals surface area contributed by atoms with E-state index in [0.29, 0.717) is 35.9 Å². The lowest BCUT2D eigenvalue weighted by Gasteiger charge is -2.33. The molecule has 1 aromatic rings. The molecule has 1 aliphatic rings. The molecule has 2 N–H and O–H groups in total. The minimum absolute atomic E-state index is 0.255. The van der Waals surface area contributed by atoms with Crippen molar-refractivity contribution in [1.29, 1.82) is 0 Å². The smallest absolute Gasteiger partial charge is 0.412 e. The molecule has 0 bridgehead atoms. The Morgan fingerprint density at radius 2 is 1.96 bits per heavy atom. The molecule has 1 fully saturated rings. The van der Waals surface area contributed by atoms with Crippen molar-refractivity contribution in [2.24, 2.45) is 5.92 Å². The molecule has 0 aliphatic heterocycles. The third-order valence-electron chi connectivity index (χ3n) is 3.81. The van der Waals surface area contributed by atoms with E-state index >= 15 is 0 Å². The van der Waals surface area contributed by atoms with Crippen LogP contribution >= 0.6 is 0 Å². The molecule has 0 unspecified atom stereocenters. The minimum Gasteiger partial charge on any atom is -0.489 e. The molecule has 26 heavy (non-hydrogen) atoms. The molecular weight excluding hydrogens is 338 g/mol. The van der Waals surface area contributed by atoms with Gasteiger partial charge in [0.2, 0.25) is 5.91 Å². The summed E-state index contributed by atoms with van der Waals surface area (Å²) in [5.74, 6) is 0.892. The molecule has 8 nitrogen and oxygen atoms in total. The van der Waals surface area contributed by atoms with Crippen LogP contribution in [0.5, 0.6) is 5.75 Å². The Hall–Kier alpha value is -2.35. The highest BCUT2D eigenvalue weighted by molar-refractivity contribution is 5.91. The van der Waals surface area contributed by atoms with E-state index in [1.165, 1.54) is 13.1 Å². The van der Waals surface area contributed by atoms with Crippen LogP contribution in [0.15, 0.2) is 12.3 Å². The molecule has 0 aromatic carbocycles. The first-order valence-corrected chi connectivity index (χ1v) is 8.59. The predicted octanol–water partition coefficient (Wildman–Crippen LogP) is 3.19. The lowest BCUT2D eigenvalue weighted by atomic mass is 9.83. The van der Waals surface area contributed by atoms with Gasteiger partial charge in [0.1, 0.15) is 11.4 Å². The SMILES string of the molecule is COC1CC(COc2cnc(NC(C)=O)cc2NC(=O)OC(C)(C)C)C1. The summed E-state index contributed by atoms with van der Waals surface area (Å²) in [6.07, 6.45) is 3.06. The highest BCUT2D eigenvalue weighted by Gasteiger charge is 2.29. The van der Waals surface area contributed by atoms with Gasteiger partial charge < -0.3 is 19.5 Å². The Morgan fingerprint density at radius 1 is 1.27 bits per heavy atom. The highest BCUT2D eigenvalue weighted by atomic mass is 16.6. The summed E-state index contributed by atoms with van der Waals surface area (Å²) >= 11 is 0. The van der Waals surface area contributed by atoms with Gasteiger partial charge in [-0.15, -0.1) is 0 Å². The fraction of sp³-hybridized carbons (Fsp3) is 0.611. The summed E-state index contributed by atoms with van der Waals surface area (Å²) in [5, 5.41) is 5.24. The monoisotopic (exact) mass is 365 g/mol. The number of nitrogens with one attached hydrogen (secondary N) is 2. The number of aromatic nitrogens is 1. The fourth-order valence-electron chi connectivity index (χ4n) is 2.53. The summed E-state index contributed by atoms with van der Waals surface area (Å²) in [6, 6.07) is 1.54. The van der Waals surface area contributed by atoms with E-state index in [1.54, 1.807) is 33.9 Å². The summed E-state index contributed by atoms with van der Waals surface area (Å²) in [7, 11) is 1.70. The zero-order valence-corrected chi connectivity index (χ0v) is 15.9. The van der Waals surface area contributed by atoms with Crippen LogP contribution in [0.4, 0.5) is 16.3 Å². The maximum atomic E-state index is 12.1. The quantitative estimate of drug-likeness (QED) is 0.803. The van der Waals surface area contributed by atoms with E-state index in [1.807, 2.05) is 0 Å². The summed E-state index contributed by atoms with van der Waals surface area (Å²) in [5.41, 5.74) is -0.236. The number of methoxy groups -OCH3 is 1. The van der Waals surface area contributed by atoms with Gasteiger partial charge in [-0.3, -0.25) is 10.1 Å². The average molecular weight is 365 g/mol. The Morgan fingerprint density at radius 3 is 2.54 bits per heavy atom. The molecule has 0 atom stereocenters. The summed E-state index contributed by atoms with van der Waals surface area (Å²) in [6.45, 7) is 7.23. The fourth-order valence-corrected chi connectivity index (χ4v) is 2.53. The minimum atomic E-state index is -0.625. The number of carbonyl (C=O) groups excluding carboxylic acids is 2. The van der Waals surface area contributed by atoms with Crippen molar-refractivity contribution in [1.82, 2.24) is 4.98 Å². The molecule has 2 rings (SSSR count). The number of amides is 2. The van der Waals surface area contributed by atoms with Crippen LogP contribution in [0.1, 0.15) is 40.5 Å². The Balaban J connectivity index is 2.06. The number of ether oxygens (including phenoxy) is 3. The first-order chi connectivity index (χ1) is 12.2. The van der Waals surface area contributed by atoms with Crippen LogP contribution in [0.25, 0.3) is 0 Å². The normalized spacial score (nSPS) is 19.3. The second-order valence-corrected chi connectivity index (χ2v) is 7.38. The van der Waals surface area contributed by atoms with Gasteiger partial charge in [0.25, 0.3) is 0 Å². The van der Waals surface area contributed by atoms with Crippen molar-refractivity contribution >= 4 is 23.5 Å². The van der Waals surface area contributed by atoms with Crippen molar-refractivity contribution in [2.75, 3.05) is 24.4 Å². The van der Waals surface area contributed by atoms with Crippen LogP contribution in [0.3, 0.4) is 0 Å². The lowest BCUT2D eigenvalue weighted by Crippen LogP contribution is -2.34. The largest absolute Gasteiger partial charge is 0.489 e. The van der Waals surface area contributed by atoms with Gasteiger partial charge in [-0.1, -0.05) is 0 Å². The van der Waals surface area contributed by atoms with Crippen LogP contribution < -0.4 is 15.4 Å². The molecule has 0 radical (unpaired) electrons. The number of anilines is 2. The second kappa shape index (κ2) is 8.35. The Kier molecular flexibility index (Phi) is 6.42. The van der Waals surface area contributed by atoms with Crippen LogP contribution in [0.2, 0.25) is 0 Å². The van der Waals surface area contributed by atoms with Crippen molar-refractivity contribution < 1.29 is 23.8 Å². The maximum absolute atomic E-state index is 12.1. The van der Waals surface area contributed by atoms with E-state index in [4.69, 9.17) is 14.2 Å². The summed E-state index contributed by atoms with van der Waals surface area (Å²) < 4.78 is 16.4. The van der Waals surface area contributed by atoms with E-state index in [0.717, 1.165) is 12.8 Å². The molecule has 1 saturated carbocycles. The van der Waals surface area contributed by atoms with E-state index in [-0.39, 0.29) is 5.91 Å². The number of hydrogen-bond donors (Lipinski definition) is 2. The Bertz CT molecular complexity index is 651. The Labute approximate surface area is 153 Å². The molecule has 8 heteroatoms. The zero-order chi connectivity index (χ0) is 19.3. The van der Waals surface area contributed by atoms with Crippen LogP contribution in [0, 0.1) is 5.92 Å². The van der Waals surface area contributed by atoms with E-state index in [9.17, 15) is 9.59 Å². The van der Waals surface area contributed by atoms with Crippen molar-refractivity contribution in [2.45, 2.75) is 52.2 Å².